The minimum atomic E-state index is 0.281. The highest BCUT2D eigenvalue weighted by molar-refractivity contribution is 7.09. The van der Waals surface area contributed by atoms with Gasteiger partial charge < -0.3 is 9.88 Å². The predicted molar refractivity (Wildman–Crippen MR) is 82.9 cm³/mol. The molecule has 1 aromatic carbocycles. The Bertz CT molecular complexity index is 687. The van der Waals surface area contributed by atoms with Crippen molar-refractivity contribution in [1.82, 2.24) is 19.9 Å². The molecule has 3 aromatic rings. The first-order chi connectivity index (χ1) is 9.79. The van der Waals surface area contributed by atoms with Gasteiger partial charge in [0.1, 0.15) is 5.82 Å². The molecular weight excluding hydrogens is 268 g/mol. The van der Waals surface area contributed by atoms with E-state index in [-0.39, 0.29) is 6.04 Å². The number of hydrogen-bond acceptors (Lipinski definition) is 4. The molecule has 2 aromatic heterocycles. The first-order valence-electron chi connectivity index (χ1n) is 6.81. The number of imidazole rings is 1. The lowest BCUT2D eigenvalue weighted by Gasteiger charge is -2.15. The number of aromatic nitrogens is 3. The molecule has 0 saturated heterocycles. The van der Waals surface area contributed by atoms with Gasteiger partial charge in [0.15, 0.2) is 0 Å². The molecule has 4 nitrogen and oxygen atoms in total. The summed E-state index contributed by atoms with van der Waals surface area (Å²) in [5, 5.41) is 3.52. The summed E-state index contributed by atoms with van der Waals surface area (Å²) >= 11 is 1.69. The fourth-order valence-corrected chi connectivity index (χ4v) is 3.17. The van der Waals surface area contributed by atoms with Crippen molar-refractivity contribution in [2.45, 2.75) is 19.4 Å². The fraction of sp³-hybridized carbons (Fsp3) is 0.333. The summed E-state index contributed by atoms with van der Waals surface area (Å²) in [4.78, 5) is 10.2. The zero-order valence-corrected chi connectivity index (χ0v) is 12.5. The van der Waals surface area contributed by atoms with Gasteiger partial charge in [-0.2, -0.15) is 0 Å². The van der Waals surface area contributed by atoms with Crippen molar-refractivity contribution in [3.63, 3.8) is 0 Å². The first kappa shape index (κ1) is 13.3. The highest BCUT2D eigenvalue weighted by atomic mass is 32.1. The number of aryl methyl sites for hydroxylation is 1. The second-order valence-electron chi connectivity index (χ2n) is 4.79. The molecule has 0 fully saturated rings. The topological polar surface area (TPSA) is 42.7 Å². The molecular formula is C15H18N4S. The maximum Gasteiger partial charge on any atom is 0.111 e. The summed E-state index contributed by atoms with van der Waals surface area (Å²) in [6.45, 7) is 3.06. The van der Waals surface area contributed by atoms with Gasteiger partial charge in [-0.25, -0.2) is 4.98 Å². The normalized spacial score (nSPS) is 12.9. The zero-order chi connectivity index (χ0) is 13.9. The van der Waals surface area contributed by atoms with Crippen molar-refractivity contribution >= 4 is 22.4 Å². The van der Waals surface area contributed by atoms with Crippen molar-refractivity contribution in [3.8, 4) is 0 Å². The molecule has 0 aliphatic carbocycles. The third-order valence-electron chi connectivity index (χ3n) is 3.51. The SMILES string of the molecule is CCNC(Cc1nc2ccccc2n1C)c1cncs1. The lowest BCUT2D eigenvalue weighted by atomic mass is 10.1. The lowest BCUT2D eigenvalue weighted by Crippen LogP contribution is -2.23. The Balaban J connectivity index is 1.92. The van der Waals surface area contributed by atoms with Gasteiger partial charge in [-0.05, 0) is 18.7 Å². The number of rotatable bonds is 5. The average molecular weight is 286 g/mol. The maximum atomic E-state index is 4.75. The van der Waals surface area contributed by atoms with Gasteiger partial charge in [0.2, 0.25) is 0 Å². The third-order valence-corrected chi connectivity index (χ3v) is 4.40. The molecule has 3 rings (SSSR count). The maximum absolute atomic E-state index is 4.75. The molecule has 5 heteroatoms. The average Bonchev–Trinajstić information content (AvgIpc) is 3.08. The molecule has 20 heavy (non-hydrogen) atoms. The van der Waals surface area contributed by atoms with E-state index >= 15 is 0 Å². The molecule has 1 atom stereocenters. The number of likely N-dealkylation sites (N-methyl/N-ethyl adjacent to an activating group) is 1. The molecule has 1 N–H and O–H groups in total. The van der Waals surface area contributed by atoms with Crippen LogP contribution in [0.4, 0.5) is 0 Å². The smallest absolute Gasteiger partial charge is 0.111 e. The van der Waals surface area contributed by atoms with Crippen LogP contribution in [0.15, 0.2) is 36.0 Å². The highest BCUT2D eigenvalue weighted by Gasteiger charge is 2.16. The van der Waals surface area contributed by atoms with Gasteiger partial charge >= 0.3 is 0 Å². The second kappa shape index (κ2) is 5.73. The standard InChI is InChI=1S/C15H18N4S/c1-3-17-12(14-9-16-10-20-14)8-15-18-11-6-4-5-7-13(11)19(15)2/h4-7,9-10,12,17H,3,8H2,1-2H3. The van der Waals surface area contributed by atoms with Crippen LogP contribution in [0.3, 0.4) is 0 Å². The molecule has 0 aliphatic heterocycles. The molecule has 0 spiro atoms. The molecule has 2 heterocycles. The number of nitrogens with zero attached hydrogens (tertiary/aromatic N) is 3. The Morgan fingerprint density at radius 1 is 1.35 bits per heavy atom. The van der Waals surface area contributed by atoms with E-state index in [0.29, 0.717) is 0 Å². The van der Waals surface area contributed by atoms with Crippen LogP contribution < -0.4 is 5.32 Å². The summed E-state index contributed by atoms with van der Waals surface area (Å²) in [5.74, 6) is 1.10. The zero-order valence-electron chi connectivity index (χ0n) is 11.7. The number of thiazole rings is 1. The van der Waals surface area contributed by atoms with Crippen molar-refractivity contribution < 1.29 is 0 Å². The van der Waals surface area contributed by atoms with Crippen molar-refractivity contribution in [3.05, 3.63) is 46.7 Å². The Hall–Kier alpha value is -1.72. The van der Waals surface area contributed by atoms with E-state index in [4.69, 9.17) is 4.98 Å². The van der Waals surface area contributed by atoms with Crippen molar-refractivity contribution in [1.29, 1.82) is 0 Å². The Kier molecular flexibility index (Phi) is 3.80. The van der Waals surface area contributed by atoms with Gasteiger partial charge in [0.05, 0.1) is 22.6 Å². The number of hydrogen-bond donors (Lipinski definition) is 1. The van der Waals surface area contributed by atoms with Crippen LogP contribution in [0.1, 0.15) is 23.7 Å². The molecule has 0 aliphatic rings. The van der Waals surface area contributed by atoms with E-state index in [0.717, 1.165) is 24.3 Å². The van der Waals surface area contributed by atoms with Gasteiger partial charge in [0, 0.05) is 24.5 Å². The number of benzene rings is 1. The Morgan fingerprint density at radius 3 is 2.90 bits per heavy atom. The summed E-state index contributed by atoms with van der Waals surface area (Å²) in [6.07, 6.45) is 2.82. The molecule has 0 bridgehead atoms. The van der Waals surface area contributed by atoms with Crippen LogP contribution in [0.2, 0.25) is 0 Å². The monoisotopic (exact) mass is 286 g/mol. The number of nitrogens with one attached hydrogen (secondary N) is 1. The third kappa shape index (κ3) is 2.46. The molecule has 0 amide bonds. The molecule has 0 radical (unpaired) electrons. The summed E-state index contributed by atoms with van der Waals surface area (Å²) in [7, 11) is 2.08. The van der Waals surface area contributed by atoms with Gasteiger partial charge in [0.25, 0.3) is 0 Å². The van der Waals surface area contributed by atoms with E-state index in [1.807, 2.05) is 17.8 Å². The Morgan fingerprint density at radius 2 is 2.20 bits per heavy atom. The second-order valence-corrected chi connectivity index (χ2v) is 5.71. The van der Waals surface area contributed by atoms with Crippen LogP contribution in [-0.2, 0) is 13.5 Å². The van der Waals surface area contributed by atoms with Crippen LogP contribution in [0.5, 0.6) is 0 Å². The number of fused-ring (bicyclic) bond motifs is 1. The highest BCUT2D eigenvalue weighted by Crippen LogP contribution is 2.23. The van der Waals surface area contributed by atoms with Crippen LogP contribution in [0, 0.1) is 0 Å². The van der Waals surface area contributed by atoms with Gasteiger partial charge in [-0.1, -0.05) is 19.1 Å². The van der Waals surface area contributed by atoms with E-state index in [1.54, 1.807) is 11.3 Å². The summed E-state index contributed by atoms with van der Waals surface area (Å²) in [6, 6.07) is 8.54. The van der Waals surface area contributed by atoms with Crippen LogP contribution in [0.25, 0.3) is 11.0 Å². The van der Waals surface area contributed by atoms with E-state index in [2.05, 4.69) is 47.0 Å². The molecule has 1 unspecified atom stereocenters. The van der Waals surface area contributed by atoms with Crippen molar-refractivity contribution in [2.75, 3.05) is 6.54 Å². The van der Waals surface area contributed by atoms with E-state index in [1.165, 1.54) is 10.4 Å². The fourth-order valence-electron chi connectivity index (χ4n) is 2.48. The van der Waals surface area contributed by atoms with Crippen molar-refractivity contribution in [2.24, 2.45) is 7.05 Å². The molecule has 104 valence electrons. The summed E-state index contributed by atoms with van der Waals surface area (Å²) < 4.78 is 2.18. The lowest BCUT2D eigenvalue weighted by molar-refractivity contribution is 0.537. The minimum Gasteiger partial charge on any atom is -0.331 e. The van der Waals surface area contributed by atoms with Gasteiger partial charge in [-0.15, -0.1) is 11.3 Å². The number of para-hydroxylation sites is 2. The van der Waals surface area contributed by atoms with Crippen LogP contribution >= 0.6 is 11.3 Å². The summed E-state index contributed by atoms with van der Waals surface area (Å²) in [5.41, 5.74) is 4.13. The van der Waals surface area contributed by atoms with E-state index < -0.39 is 0 Å². The predicted octanol–water partition coefficient (Wildman–Crippen LogP) is 2.92. The minimum absolute atomic E-state index is 0.281. The Labute approximate surface area is 122 Å². The quantitative estimate of drug-likeness (QED) is 0.784. The van der Waals surface area contributed by atoms with Gasteiger partial charge in [-0.3, -0.25) is 4.98 Å². The van der Waals surface area contributed by atoms with E-state index in [9.17, 15) is 0 Å². The largest absolute Gasteiger partial charge is 0.331 e. The molecule has 0 saturated carbocycles. The first-order valence-corrected chi connectivity index (χ1v) is 7.69. The van der Waals surface area contributed by atoms with Crippen LogP contribution in [-0.4, -0.2) is 21.1 Å².